The van der Waals surface area contributed by atoms with Crippen LogP contribution in [0.5, 0.6) is 0 Å². The van der Waals surface area contributed by atoms with Gasteiger partial charge in [0.15, 0.2) is 0 Å². The molecule has 1 aromatic rings. The molecule has 0 saturated carbocycles. The number of likely N-dealkylation sites (N-methyl/N-ethyl adjacent to an activating group) is 1. The van der Waals surface area contributed by atoms with Gasteiger partial charge in [-0.25, -0.2) is 4.39 Å². The van der Waals surface area contributed by atoms with Crippen LogP contribution in [0.1, 0.15) is 12.0 Å². The van der Waals surface area contributed by atoms with E-state index in [1.54, 1.807) is 17.0 Å². The van der Waals surface area contributed by atoms with Crippen molar-refractivity contribution in [2.45, 2.75) is 18.4 Å². The lowest BCUT2D eigenvalue weighted by molar-refractivity contribution is -0.130. The zero-order valence-electron chi connectivity index (χ0n) is 12.0. The molecule has 0 aliphatic carbocycles. The van der Waals surface area contributed by atoms with Crippen LogP contribution < -0.4 is 0 Å². The van der Waals surface area contributed by atoms with Gasteiger partial charge in [-0.2, -0.15) is 0 Å². The monoisotopic (exact) mass is 280 g/mol. The number of β-amino-alcohol motifs (C(OH)–C–C–N with tert-alkyl or cyclic N) is 1. The normalized spacial score (nSPS) is 22.6. The number of hydrogen-bond acceptors (Lipinski definition) is 3. The van der Waals surface area contributed by atoms with Crippen molar-refractivity contribution >= 4 is 5.91 Å². The summed E-state index contributed by atoms with van der Waals surface area (Å²) in [5.74, 6) is -0.325. The summed E-state index contributed by atoms with van der Waals surface area (Å²) in [7, 11) is 3.81. The van der Waals surface area contributed by atoms with Crippen molar-refractivity contribution in [3.8, 4) is 0 Å². The molecule has 1 saturated heterocycles. The van der Waals surface area contributed by atoms with Gasteiger partial charge in [-0.05, 0) is 38.2 Å². The molecule has 0 aromatic heterocycles. The first kappa shape index (κ1) is 14.9. The zero-order valence-corrected chi connectivity index (χ0v) is 12.0. The van der Waals surface area contributed by atoms with Gasteiger partial charge in [0.2, 0.25) is 5.91 Å². The summed E-state index contributed by atoms with van der Waals surface area (Å²) < 4.78 is 12.8. The van der Waals surface area contributed by atoms with Crippen LogP contribution >= 0.6 is 0 Å². The van der Waals surface area contributed by atoms with Crippen molar-refractivity contribution in [3.63, 3.8) is 0 Å². The number of amides is 1. The van der Waals surface area contributed by atoms with E-state index in [1.807, 2.05) is 19.0 Å². The molecule has 110 valence electrons. The number of carbonyl (C=O) groups excluding carboxylic acids is 1. The quantitative estimate of drug-likeness (QED) is 0.891. The van der Waals surface area contributed by atoms with Gasteiger partial charge in [0.1, 0.15) is 5.82 Å². The fourth-order valence-electron chi connectivity index (χ4n) is 2.68. The Morgan fingerprint density at radius 1 is 1.40 bits per heavy atom. The van der Waals surface area contributed by atoms with Crippen molar-refractivity contribution < 1.29 is 14.3 Å². The van der Waals surface area contributed by atoms with Crippen LogP contribution in [-0.4, -0.2) is 60.1 Å². The molecule has 1 fully saturated rings. The van der Waals surface area contributed by atoms with Gasteiger partial charge < -0.3 is 14.9 Å². The number of hydrogen-bond donors (Lipinski definition) is 1. The van der Waals surface area contributed by atoms with E-state index in [0.29, 0.717) is 26.1 Å². The van der Waals surface area contributed by atoms with Crippen molar-refractivity contribution in [2.24, 2.45) is 0 Å². The molecule has 1 aliphatic heterocycles. The summed E-state index contributed by atoms with van der Waals surface area (Å²) in [6, 6.07) is 5.95. The molecule has 1 amide bonds. The lowest BCUT2D eigenvalue weighted by atomic mass is 10.0. The molecule has 1 N–H and O–H groups in total. The Morgan fingerprint density at radius 3 is 2.65 bits per heavy atom. The van der Waals surface area contributed by atoms with Gasteiger partial charge in [-0.3, -0.25) is 4.79 Å². The van der Waals surface area contributed by atoms with Crippen molar-refractivity contribution in [1.82, 2.24) is 9.80 Å². The van der Waals surface area contributed by atoms with Crippen LogP contribution in [0.2, 0.25) is 0 Å². The van der Waals surface area contributed by atoms with Gasteiger partial charge in [0.05, 0.1) is 18.6 Å². The first-order chi connectivity index (χ1) is 9.38. The van der Waals surface area contributed by atoms with Crippen LogP contribution in [0.3, 0.4) is 0 Å². The van der Waals surface area contributed by atoms with E-state index in [1.165, 1.54) is 12.1 Å². The number of rotatable bonds is 4. The molecule has 1 aromatic carbocycles. The smallest absolute Gasteiger partial charge is 0.227 e. The summed E-state index contributed by atoms with van der Waals surface area (Å²) in [5.41, 5.74) is -0.0263. The van der Waals surface area contributed by atoms with E-state index in [4.69, 9.17) is 0 Å². The Kier molecular flexibility index (Phi) is 4.40. The number of benzene rings is 1. The van der Waals surface area contributed by atoms with Gasteiger partial charge >= 0.3 is 0 Å². The largest absolute Gasteiger partial charge is 0.387 e. The number of nitrogens with zero attached hydrogens (tertiary/aromatic N) is 2. The topological polar surface area (TPSA) is 43.8 Å². The molecular formula is C15H21FN2O2. The van der Waals surface area contributed by atoms with E-state index in [9.17, 15) is 14.3 Å². The molecule has 1 heterocycles. The maximum atomic E-state index is 12.8. The lowest BCUT2D eigenvalue weighted by Crippen LogP contribution is -2.43. The van der Waals surface area contributed by atoms with E-state index in [2.05, 4.69) is 0 Å². The number of halogens is 1. The first-order valence-electron chi connectivity index (χ1n) is 6.77. The second kappa shape index (κ2) is 5.89. The van der Waals surface area contributed by atoms with Crippen molar-refractivity contribution in [3.05, 3.63) is 35.6 Å². The fourth-order valence-corrected chi connectivity index (χ4v) is 2.68. The minimum absolute atomic E-state index is 0.0220. The Morgan fingerprint density at radius 2 is 2.05 bits per heavy atom. The predicted octanol–water partition coefficient (Wildman–Crippen LogP) is 0.893. The summed E-state index contributed by atoms with van der Waals surface area (Å²) in [6.07, 6.45) is 0.846. The highest BCUT2D eigenvalue weighted by Crippen LogP contribution is 2.22. The molecule has 0 unspecified atom stereocenters. The van der Waals surface area contributed by atoms with E-state index < -0.39 is 5.60 Å². The third-order valence-corrected chi connectivity index (χ3v) is 3.56. The molecule has 1 aliphatic rings. The molecule has 0 bridgehead atoms. The van der Waals surface area contributed by atoms with Gasteiger partial charge in [0, 0.05) is 13.1 Å². The molecule has 1 atom stereocenters. The van der Waals surface area contributed by atoms with Crippen LogP contribution in [-0.2, 0) is 11.2 Å². The first-order valence-corrected chi connectivity index (χ1v) is 6.77. The summed E-state index contributed by atoms with van der Waals surface area (Å²) in [6.45, 7) is 1.49. The molecular weight excluding hydrogens is 259 g/mol. The van der Waals surface area contributed by atoms with Crippen molar-refractivity contribution in [1.29, 1.82) is 0 Å². The molecule has 0 radical (unpaired) electrons. The van der Waals surface area contributed by atoms with Crippen LogP contribution in [0.15, 0.2) is 24.3 Å². The van der Waals surface area contributed by atoms with Crippen LogP contribution in [0.25, 0.3) is 0 Å². The van der Waals surface area contributed by atoms with Gasteiger partial charge in [-0.1, -0.05) is 12.1 Å². The highest BCUT2D eigenvalue weighted by Gasteiger charge is 2.38. The van der Waals surface area contributed by atoms with E-state index in [0.717, 1.165) is 5.56 Å². The van der Waals surface area contributed by atoms with Crippen LogP contribution in [0.4, 0.5) is 4.39 Å². The maximum Gasteiger partial charge on any atom is 0.227 e. The number of carbonyl (C=O) groups is 1. The van der Waals surface area contributed by atoms with E-state index >= 15 is 0 Å². The Hall–Kier alpha value is -1.46. The highest BCUT2D eigenvalue weighted by atomic mass is 19.1. The van der Waals surface area contributed by atoms with Crippen LogP contribution in [0, 0.1) is 5.82 Å². The third-order valence-electron chi connectivity index (χ3n) is 3.56. The summed E-state index contributed by atoms with van der Waals surface area (Å²) in [4.78, 5) is 15.8. The minimum atomic E-state index is -0.818. The molecule has 4 nitrogen and oxygen atoms in total. The second-order valence-corrected chi connectivity index (χ2v) is 5.83. The van der Waals surface area contributed by atoms with Gasteiger partial charge in [-0.15, -0.1) is 0 Å². The van der Waals surface area contributed by atoms with E-state index in [-0.39, 0.29) is 18.1 Å². The van der Waals surface area contributed by atoms with Crippen molar-refractivity contribution in [2.75, 3.05) is 33.7 Å². The molecule has 20 heavy (non-hydrogen) atoms. The zero-order chi connectivity index (χ0) is 14.8. The Bertz CT molecular complexity index is 475. The highest BCUT2D eigenvalue weighted by molar-refractivity contribution is 5.79. The maximum absolute atomic E-state index is 12.8. The predicted molar refractivity (Wildman–Crippen MR) is 74.8 cm³/mol. The second-order valence-electron chi connectivity index (χ2n) is 5.83. The standard InChI is InChI=1S/C15H21FN2O2/c1-17(2)10-15(20)7-8-18(11-15)14(19)9-12-3-5-13(16)6-4-12/h3-6,20H,7-11H2,1-2H3/t15-/m1/s1. The third kappa shape index (κ3) is 3.77. The summed E-state index contributed by atoms with van der Waals surface area (Å²) >= 11 is 0. The number of aliphatic hydroxyl groups is 1. The lowest BCUT2D eigenvalue weighted by Gasteiger charge is -2.26. The summed E-state index contributed by atoms with van der Waals surface area (Å²) in [5, 5.41) is 10.4. The minimum Gasteiger partial charge on any atom is -0.387 e. The SMILES string of the molecule is CN(C)C[C@]1(O)CCN(C(=O)Cc2ccc(F)cc2)C1. The molecule has 5 heteroatoms. The average Bonchev–Trinajstić information content (AvgIpc) is 2.73. The fraction of sp³-hybridized carbons (Fsp3) is 0.533. The Balaban J connectivity index is 1.93. The average molecular weight is 280 g/mol. The Labute approximate surface area is 118 Å². The van der Waals surface area contributed by atoms with Gasteiger partial charge in [0.25, 0.3) is 0 Å². The number of likely N-dealkylation sites (tertiary alicyclic amines) is 1. The molecule has 2 rings (SSSR count). The molecule has 0 spiro atoms.